The minimum Gasteiger partial charge on any atom is -0.326 e. The predicted octanol–water partition coefficient (Wildman–Crippen LogP) is 3.91. The van der Waals surface area contributed by atoms with Crippen molar-refractivity contribution >= 4 is 35.0 Å². The van der Waals surface area contributed by atoms with Crippen LogP contribution in [0.5, 0.6) is 0 Å². The molecule has 88 valence electrons. The van der Waals surface area contributed by atoms with Gasteiger partial charge in [-0.25, -0.2) is 0 Å². The summed E-state index contributed by atoms with van der Waals surface area (Å²) in [6.07, 6.45) is 0. The van der Waals surface area contributed by atoms with Crippen LogP contribution in [0.3, 0.4) is 0 Å². The molecule has 0 bridgehead atoms. The Labute approximate surface area is 99.2 Å². The van der Waals surface area contributed by atoms with Crippen molar-refractivity contribution in [2.45, 2.75) is 17.3 Å². The van der Waals surface area contributed by atoms with E-state index in [-0.39, 0.29) is 27.6 Å². The lowest BCUT2D eigenvalue weighted by Crippen LogP contribution is -2.05. The third-order valence-corrected chi connectivity index (χ3v) is 2.71. The third kappa shape index (κ3) is 4.32. The van der Waals surface area contributed by atoms with Crippen LogP contribution in [0.15, 0.2) is 23.1 Å². The first-order valence-corrected chi connectivity index (χ1v) is 5.30. The molecule has 0 aromatic heterocycles. The summed E-state index contributed by atoms with van der Waals surface area (Å²) < 4.78 is 36.2. The lowest BCUT2D eigenvalue weighted by Gasteiger charge is -2.09. The number of benzene rings is 1. The number of hydrogen-bond donors (Lipinski definition) is 1. The molecule has 1 amide bonds. The average molecular weight is 270 g/mol. The number of hydrogen-bond acceptors (Lipinski definition) is 2. The molecule has 0 atom stereocenters. The number of thioether (sulfide) groups is 1. The van der Waals surface area contributed by atoms with E-state index in [2.05, 4.69) is 5.32 Å². The summed E-state index contributed by atoms with van der Waals surface area (Å²) in [5, 5.41) is 2.37. The highest BCUT2D eigenvalue weighted by Crippen LogP contribution is 2.40. The van der Waals surface area contributed by atoms with Crippen molar-refractivity contribution < 1.29 is 18.0 Å². The van der Waals surface area contributed by atoms with Gasteiger partial charge in [0.1, 0.15) is 0 Å². The molecule has 0 saturated carbocycles. The van der Waals surface area contributed by atoms with Gasteiger partial charge in [-0.2, -0.15) is 13.2 Å². The number of carbonyl (C=O) groups excluding carboxylic acids is 1. The first-order chi connectivity index (χ1) is 7.28. The number of rotatable bonds is 2. The molecule has 0 heterocycles. The van der Waals surface area contributed by atoms with Gasteiger partial charge in [-0.05, 0) is 30.0 Å². The molecule has 0 unspecified atom stereocenters. The lowest BCUT2D eigenvalue weighted by molar-refractivity contribution is -0.114. The fourth-order valence-corrected chi connectivity index (χ4v) is 1.83. The Morgan fingerprint density at radius 1 is 1.44 bits per heavy atom. The number of alkyl halides is 3. The van der Waals surface area contributed by atoms with Crippen molar-refractivity contribution in [2.24, 2.45) is 0 Å². The van der Waals surface area contributed by atoms with Crippen LogP contribution in [-0.2, 0) is 4.79 Å². The summed E-state index contributed by atoms with van der Waals surface area (Å²) in [4.78, 5) is 10.6. The van der Waals surface area contributed by atoms with E-state index >= 15 is 0 Å². The number of anilines is 1. The van der Waals surface area contributed by atoms with Gasteiger partial charge >= 0.3 is 5.51 Å². The molecule has 16 heavy (non-hydrogen) atoms. The maximum Gasteiger partial charge on any atom is 0.446 e. The Morgan fingerprint density at radius 2 is 2.06 bits per heavy atom. The topological polar surface area (TPSA) is 29.1 Å². The first-order valence-electron chi connectivity index (χ1n) is 4.11. The van der Waals surface area contributed by atoms with Gasteiger partial charge in [0.05, 0.1) is 5.02 Å². The van der Waals surface area contributed by atoms with E-state index in [1.54, 1.807) is 0 Å². The Bertz CT molecular complexity index is 408. The molecule has 0 aliphatic heterocycles. The molecule has 0 radical (unpaired) electrons. The van der Waals surface area contributed by atoms with Gasteiger partial charge in [0, 0.05) is 17.5 Å². The molecule has 1 rings (SSSR count). The second kappa shape index (κ2) is 4.97. The zero-order valence-electron chi connectivity index (χ0n) is 8.06. The smallest absolute Gasteiger partial charge is 0.326 e. The quantitative estimate of drug-likeness (QED) is 0.825. The van der Waals surface area contributed by atoms with Crippen LogP contribution in [0.25, 0.3) is 0 Å². The maximum absolute atomic E-state index is 12.1. The van der Waals surface area contributed by atoms with E-state index < -0.39 is 5.51 Å². The van der Waals surface area contributed by atoms with Crippen LogP contribution in [0.1, 0.15) is 6.92 Å². The summed E-state index contributed by atoms with van der Waals surface area (Å²) in [5.41, 5.74) is -4.01. The number of amides is 1. The van der Waals surface area contributed by atoms with Crippen molar-refractivity contribution in [3.8, 4) is 0 Å². The maximum atomic E-state index is 12.1. The van der Waals surface area contributed by atoms with Crippen molar-refractivity contribution in [3.63, 3.8) is 0 Å². The second-order valence-corrected chi connectivity index (χ2v) is 4.39. The molecule has 0 aliphatic rings. The van der Waals surface area contributed by atoms with Gasteiger partial charge < -0.3 is 5.32 Å². The molecule has 2 nitrogen and oxygen atoms in total. The van der Waals surface area contributed by atoms with Crippen molar-refractivity contribution in [2.75, 3.05) is 5.32 Å². The number of nitrogens with one attached hydrogen (secondary N) is 1. The highest BCUT2D eigenvalue weighted by molar-refractivity contribution is 8.00. The Hall–Kier alpha value is -0.880. The normalized spacial score (nSPS) is 11.3. The molecular formula is C9H7ClF3NOS. The van der Waals surface area contributed by atoms with Gasteiger partial charge in [-0.3, -0.25) is 4.79 Å². The number of carbonyl (C=O) groups is 1. The van der Waals surface area contributed by atoms with E-state index in [4.69, 9.17) is 11.6 Å². The van der Waals surface area contributed by atoms with E-state index in [0.717, 1.165) is 0 Å². The van der Waals surface area contributed by atoms with Crippen molar-refractivity contribution in [1.29, 1.82) is 0 Å². The highest BCUT2D eigenvalue weighted by Gasteiger charge is 2.30. The molecular weight excluding hydrogens is 263 g/mol. The van der Waals surface area contributed by atoms with Gasteiger partial charge in [-0.1, -0.05) is 11.6 Å². The zero-order valence-corrected chi connectivity index (χ0v) is 9.63. The minimum absolute atomic E-state index is 0.0476. The largest absolute Gasteiger partial charge is 0.446 e. The van der Waals surface area contributed by atoms with Gasteiger partial charge in [-0.15, -0.1) is 0 Å². The molecule has 0 saturated heterocycles. The fraction of sp³-hybridized carbons (Fsp3) is 0.222. The summed E-state index contributed by atoms with van der Waals surface area (Å²) in [6.45, 7) is 1.30. The Balaban J connectivity index is 2.87. The fourth-order valence-electron chi connectivity index (χ4n) is 0.989. The Kier molecular flexibility index (Phi) is 4.09. The Morgan fingerprint density at radius 3 is 2.50 bits per heavy atom. The van der Waals surface area contributed by atoms with E-state index in [9.17, 15) is 18.0 Å². The van der Waals surface area contributed by atoms with Gasteiger partial charge in [0.15, 0.2) is 0 Å². The summed E-state index contributed by atoms with van der Waals surface area (Å²) in [6, 6.07) is 3.85. The third-order valence-electron chi connectivity index (χ3n) is 1.48. The molecule has 0 fully saturated rings. The highest BCUT2D eigenvalue weighted by atomic mass is 35.5. The average Bonchev–Trinajstić information content (AvgIpc) is 2.06. The van der Waals surface area contributed by atoms with E-state index in [0.29, 0.717) is 5.69 Å². The molecule has 1 aromatic carbocycles. The van der Waals surface area contributed by atoms with Gasteiger partial charge in [0.2, 0.25) is 5.91 Å². The molecule has 1 aromatic rings. The van der Waals surface area contributed by atoms with Gasteiger partial charge in [0.25, 0.3) is 0 Å². The molecule has 7 heteroatoms. The first kappa shape index (κ1) is 13.2. The summed E-state index contributed by atoms with van der Waals surface area (Å²) in [5.74, 6) is -0.313. The SMILES string of the molecule is CC(=O)Nc1ccc(SC(F)(F)F)c(Cl)c1. The van der Waals surface area contributed by atoms with Crippen LogP contribution in [0.2, 0.25) is 5.02 Å². The minimum atomic E-state index is -4.38. The van der Waals surface area contributed by atoms with Crippen LogP contribution in [0.4, 0.5) is 18.9 Å². The lowest BCUT2D eigenvalue weighted by atomic mass is 10.3. The predicted molar refractivity (Wildman–Crippen MR) is 57.7 cm³/mol. The monoisotopic (exact) mass is 269 g/mol. The van der Waals surface area contributed by atoms with Crippen molar-refractivity contribution in [1.82, 2.24) is 0 Å². The number of halogens is 4. The molecule has 1 N–H and O–H groups in total. The van der Waals surface area contributed by atoms with E-state index in [1.807, 2.05) is 0 Å². The molecule has 0 aliphatic carbocycles. The molecule has 0 spiro atoms. The second-order valence-electron chi connectivity index (χ2n) is 2.87. The summed E-state index contributed by atoms with van der Waals surface area (Å²) >= 11 is 5.36. The standard InChI is InChI=1S/C9H7ClF3NOS/c1-5(15)14-6-2-3-8(7(10)4-6)16-9(11,12)13/h2-4H,1H3,(H,14,15). The van der Waals surface area contributed by atoms with Crippen LogP contribution in [-0.4, -0.2) is 11.4 Å². The zero-order chi connectivity index (χ0) is 12.3. The van der Waals surface area contributed by atoms with Crippen LogP contribution in [0, 0.1) is 0 Å². The summed E-state index contributed by atoms with van der Waals surface area (Å²) in [7, 11) is 0. The van der Waals surface area contributed by atoms with Crippen LogP contribution >= 0.6 is 23.4 Å². The van der Waals surface area contributed by atoms with Crippen LogP contribution < -0.4 is 5.32 Å². The van der Waals surface area contributed by atoms with E-state index in [1.165, 1.54) is 25.1 Å². The van der Waals surface area contributed by atoms with Crippen molar-refractivity contribution in [3.05, 3.63) is 23.2 Å².